The summed E-state index contributed by atoms with van der Waals surface area (Å²) in [6.45, 7) is 11.1. The second kappa shape index (κ2) is 6.39. The SMILES string of the molecule is CCC1CCC(N)C(Oc2ccc(C(C)(C)C)cc2C)C1. The van der Waals surface area contributed by atoms with Crippen LogP contribution in [0.25, 0.3) is 0 Å². The summed E-state index contributed by atoms with van der Waals surface area (Å²) in [6.07, 6.45) is 4.83. The molecule has 0 amide bonds. The molecule has 0 spiro atoms. The summed E-state index contributed by atoms with van der Waals surface area (Å²) in [7, 11) is 0. The Bertz CT molecular complexity index is 475. The molecule has 118 valence electrons. The van der Waals surface area contributed by atoms with E-state index in [9.17, 15) is 0 Å². The van der Waals surface area contributed by atoms with Crippen LogP contribution in [0, 0.1) is 12.8 Å². The molecule has 2 rings (SSSR count). The molecule has 1 fully saturated rings. The van der Waals surface area contributed by atoms with Gasteiger partial charge in [-0.25, -0.2) is 0 Å². The lowest BCUT2D eigenvalue weighted by atomic mass is 9.82. The predicted molar refractivity (Wildman–Crippen MR) is 89.9 cm³/mol. The van der Waals surface area contributed by atoms with Gasteiger partial charge in [-0.3, -0.25) is 0 Å². The van der Waals surface area contributed by atoms with E-state index in [1.807, 2.05) is 0 Å². The fourth-order valence-corrected chi connectivity index (χ4v) is 3.15. The first-order chi connectivity index (χ1) is 9.81. The Balaban J connectivity index is 2.12. The lowest BCUT2D eigenvalue weighted by molar-refractivity contribution is 0.100. The van der Waals surface area contributed by atoms with Crippen molar-refractivity contribution in [2.24, 2.45) is 11.7 Å². The van der Waals surface area contributed by atoms with Gasteiger partial charge in [0.25, 0.3) is 0 Å². The molecule has 1 aromatic carbocycles. The van der Waals surface area contributed by atoms with Gasteiger partial charge in [0, 0.05) is 6.04 Å². The van der Waals surface area contributed by atoms with Crippen molar-refractivity contribution in [1.82, 2.24) is 0 Å². The van der Waals surface area contributed by atoms with Crippen LogP contribution in [0.5, 0.6) is 5.75 Å². The highest BCUT2D eigenvalue weighted by Gasteiger charge is 2.29. The molecule has 0 radical (unpaired) electrons. The lowest BCUT2D eigenvalue weighted by Gasteiger charge is -2.34. The van der Waals surface area contributed by atoms with Crippen LogP contribution in [0.2, 0.25) is 0 Å². The fraction of sp³-hybridized carbons (Fsp3) is 0.684. The highest BCUT2D eigenvalue weighted by molar-refractivity contribution is 5.39. The van der Waals surface area contributed by atoms with Crippen molar-refractivity contribution in [2.45, 2.75) is 77.9 Å². The van der Waals surface area contributed by atoms with Crippen molar-refractivity contribution in [3.8, 4) is 5.75 Å². The minimum absolute atomic E-state index is 0.169. The molecular formula is C19H31NO. The molecule has 21 heavy (non-hydrogen) atoms. The maximum absolute atomic E-state index is 6.27. The van der Waals surface area contributed by atoms with E-state index in [1.54, 1.807) is 0 Å². The normalized spacial score (nSPS) is 26.7. The van der Waals surface area contributed by atoms with Crippen LogP contribution >= 0.6 is 0 Å². The van der Waals surface area contributed by atoms with Crippen molar-refractivity contribution in [3.05, 3.63) is 29.3 Å². The van der Waals surface area contributed by atoms with Crippen LogP contribution in [0.4, 0.5) is 0 Å². The van der Waals surface area contributed by atoms with Crippen LogP contribution in [0.15, 0.2) is 18.2 Å². The van der Waals surface area contributed by atoms with Crippen LogP contribution in [-0.4, -0.2) is 12.1 Å². The molecule has 3 unspecified atom stereocenters. The Hall–Kier alpha value is -1.02. The van der Waals surface area contributed by atoms with Crippen molar-refractivity contribution >= 4 is 0 Å². The monoisotopic (exact) mass is 289 g/mol. The first kappa shape index (κ1) is 16.4. The van der Waals surface area contributed by atoms with Gasteiger partial charge in [0.15, 0.2) is 0 Å². The zero-order valence-electron chi connectivity index (χ0n) is 14.3. The maximum atomic E-state index is 6.27. The molecule has 2 nitrogen and oxygen atoms in total. The van der Waals surface area contributed by atoms with Gasteiger partial charge in [0.1, 0.15) is 11.9 Å². The fourth-order valence-electron chi connectivity index (χ4n) is 3.15. The van der Waals surface area contributed by atoms with Gasteiger partial charge in [-0.2, -0.15) is 0 Å². The Morgan fingerprint density at radius 2 is 1.95 bits per heavy atom. The van der Waals surface area contributed by atoms with Gasteiger partial charge in [-0.05, 0) is 54.7 Å². The van der Waals surface area contributed by atoms with Gasteiger partial charge in [-0.15, -0.1) is 0 Å². The first-order valence-electron chi connectivity index (χ1n) is 8.34. The summed E-state index contributed by atoms with van der Waals surface area (Å²) < 4.78 is 6.27. The summed E-state index contributed by atoms with van der Waals surface area (Å²) in [5, 5.41) is 0. The number of hydrogen-bond donors (Lipinski definition) is 1. The number of rotatable bonds is 3. The molecule has 0 aromatic heterocycles. The van der Waals surface area contributed by atoms with Crippen LogP contribution in [0.1, 0.15) is 64.5 Å². The van der Waals surface area contributed by atoms with Crippen molar-refractivity contribution in [3.63, 3.8) is 0 Å². The van der Waals surface area contributed by atoms with Gasteiger partial charge < -0.3 is 10.5 Å². The Morgan fingerprint density at radius 1 is 1.24 bits per heavy atom. The summed E-state index contributed by atoms with van der Waals surface area (Å²) in [4.78, 5) is 0. The molecule has 0 saturated heterocycles. The van der Waals surface area contributed by atoms with Gasteiger partial charge in [0.05, 0.1) is 0 Å². The zero-order chi connectivity index (χ0) is 15.6. The Kier molecular flexibility index (Phi) is 4.98. The quantitative estimate of drug-likeness (QED) is 0.884. The lowest BCUT2D eigenvalue weighted by Crippen LogP contribution is -2.43. The molecular weight excluding hydrogens is 258 g/mol. The van der Waals surface area contributed by atoms with Crippen LogP contribution < -0.4 is 10.5 Å². The van der Waals surface area contributed by atoms with Crippen molar-refractivity contribution in [2.75, 3.05) is 0 Å². The van der Waals surface area contributed by atoms with Gasteiger partial charge in [0.2, 0.25) is 0 Å². The third-order valence-electron chi connectivity index (χ3n) is 4.85. The molecule has 0 aliphatic heterocycles. The average molecular weight is 289 g/mol. The molecule has 1 aromatic rings. The molecule has 3 atom stereocenters. The number of ether oxygens (including phenoxy) is 1. The van der Waals surface area contributed by atoms with E-state index in [0.29, 0.717) is 0 Å². The summed E-state index contributed by atoms with van der Waals surface area (Å²) in [5.74, 6) is 1.77. The van der Waals surface area contributed by atoms with E-state index in [2.05, 4.69) is 52.8 Å². The minimum atomic E-state index is 0.169. The highest BCUT2D eigenvalue weighted by Crippen LogP contribution is 2.32. The Labute approximate surface area is 130 Å². The molecule has 2 N–H and O–H groups in total. The molecule has 0 heterocycles. The van der Waals surface area contributed by atoms with E-state index < -0.39 is 0 Å². The third-order valence-corrected chi connectivity index (χ3v) is 4.85. The van der Waals surface area contributed by atoms with E-state index in [4.69, 9.17) is 10.5 Å². The highest BCUT2D eigenvalue weighted by atomic mass is 16.5. The van der Waals surface area contributed by atoms with Gasteiger partial charge >= 0.3 is 0 Å². The Morgan fingerprint density at radius 3 is 2.52 bits per heavy atom. The second-order valence-electron chi connectivity index (χ2n) is 7.64. The number of benzene rings is 1. The minimum Gasteiger partial charge on any atom is -0.489 e. The topological polar surface area (TPSA) is 35.2 Å². The number of nitrogens with two attached hydrogens (primary N) is 1. The maximum Gasteiger partial charge on any atom is 0.122 e. The number of hydrogen-bond acceptors (Lipinski definition) is 2. The average Bonchev–Trinajstić information content (AvgIpc) is 2.42. The van der Waals surface area contributed by atoms with Gasteiger partial charge in [-0.1, -0.05) is 46.2 Å². The van der Waals surface area contributed by atoms with Crippen molar-refractivity contribution in [1.29, 1.82) is 0 Å². The number of aryl methyl sites for hydroxylation is 1. The van der Waals surface area contributed by atoms with E-state index >= 15 is 0 Å². The third kappa shape index (κ3) is 4.00. The van der Waals surface area contributed by atoms with E-state index in [-0.39, 0.29) is 17.6 Å². The van der Waals surface area contributed by atoms with Crippen LogP contribution in [0.3, 0.4) is 0 Å². The summed E-state index contributed by atoms with van der Waals surface area (Å²) >= 11 is 0. The van der Waals surface area contributed by atoms with Crippen molar-refractivity contribution < 1.29 is 4.74 Å². The smallest absolute Gasteiger partial charge is 0.122 e. The van der Waals surface area contributed by atoms with Crippen LogP contribution in [-0.2, 0) is 5.41 Å². The summed E-state index contributed by atoms with van der Waals surface area (Å²) in [6, 6.07) is 6.74. The standard InChI is InChI=1S/C19H31NO/c1-6-14-7-9-16(20)18(12-14)21-17-10-8-15(11-13(17)2)19(3,4)5/h8,10-11,14,16,18H,6-7,9,12,20H2,1-5H3. The van der Waals surface area contributed by atoms with E-state index in [1.165, 1.54) is 24.0 Å². The second-order valence-corrected chi connectivity index (χ2v) is 7.64. The molecule has 1 saturated carbocycles. The first-order valence-corrected chi connectivity index (χ1v) is 8.34. The zero-order valence-corrected chi connectivity index (χ0v) is 14.3. The van der Waals surface area contributed by atoms with E-state index in [0.717, 1.165) is 24.5 Å². The molecule has 0 bridgehead atoms. The molecule has 1 aliphatic rings. The largest absolute Gasteiger partial charge is 0.489 e. The summed E-state index contributed by atoms with van der Waals surface area (Å²) in [5.41, 5.74) is 9.02. The molecule has 1 aliphatic carbocycles. The predicted octanol–water partition coefficient (Wildman–Crippen LogP) is 4.58. The molecule has 2 heteroatoms.